The second kappa shape index (κ2) is 5.84. The molecular weight excluding hydrogens is 435 g/mol. The maximum atomic E-state index is 12.4. The van der Waals surface area contributed by atoms with Crippen LogP contribution >= 0.6 is 43.5 Å². The van der Waals surface area contributed by atoms with E-state index < -0.39 is 10.0 Å². The van der Waals surface area contributed by atoms with Crippen LogP contribution in [0.15, 0.2) is 38.4 Å². The fourth-order valence-corrected chi connectivity index (χ4v) is 5.18. The number of anilines is 2. The van der Waals surface area contributed by atoms with E-state index in [0.717, 1.165) is 6.33 Å². The van der Waals surface area contributed by atoms with Crippen molar-refractivity contribution in [1.82, 2.24) is 9.97 Å². The summed E-state index contributed by atoms with van der Waals surface area (Å²) in [5.74, 6) is 0.0700. The van der Waals surface area contributed by atoms with E-state index in [2.05, 4.69) is 46.5 Å². The number of aromatic nitrogens is 2. The summed E-state index contributed by atoms with van der Waals surface area (Å²) in [5.41, 5.74) is 6.05. The lowest BCUT2D eigenvalue weighted by atomic mass is 10.3. The van der Waals surface area contributed by atoms with E-state index in [-0.39, 0.29) is 15.9 Å². The van der Waals surface area contributed by atoms with E-state index in [0.29, 0.717) is 14.6 Å². The predicted molar refractivity (Wildman–Crippen MR) is 84.1 cm³/mol. The van der Waals surface area contributed by atoms with Crippen LogP contribution in [0.2, 0.25) is 5.15 Å². The Balaban J connectivity index is 2.46. The smallest absolute Gasteiger partial charge is 0.265 e. The zero-order chi connectivity index (χ0) is 14.9. The summed E-state index contributed by atoms with van der Waals surface area (Å²) in [6.45, 7) is 0. The molecule has 1 aromatic heterocycles. The summed E-state index contributed by atoms with van der Waals surface area (Å²) in [5, 5.41) is 0.133. The van der Waals surface area contributed by atoms with Gasteiger partial charge in [-0.1, -0.05) is 11.6 Å². The molecule has 1 heterocycles. The van der Waals surface area contributed by atoms with Gasteiger partial charge in [-0.15, -0.1) is 0 Å². The molecular formula is C10H7Br2ClN4O2S. The molecule has 0 radical (unpaired) electrons. The van der Waals surface area contributed by atoms with Crippen molar-refractivity contribution in [3.63, 3.8) is 0 Å². The maximum Gasteiger partial charge on any atom is 0.265 e. The fraction of sp³-hybridized carbons (Fsp3) is 0. The van der Waals surface area contributed by atoms with E-state index in [4.69, 9.17) is 17.3 Å². The van der Waals surface area contributed by atoms with Crippen molar-refractivity contribution in [3.05, 3.63) is 38.6 Å². The molecule has 106 valence electrons. The first kappa shape index (κ1) is 15.5. The van der Waals surface area contributed by atoms with Crippen LogP contribution in [0.25, 0.3) is 0 Å². The van der Waals surface area contributed by atoms with Gasteiger partial charge in [0, 0.05) is 20.7 Å². The third kappa shape index (κ3) is 3.40. The first-order valence-electron chi connectivity index (χ1n) is 5.04. The van der Waals surface area contributed by atoms with Crippen molar-refractivity contribution in [2.75, 3.05) is 10.5 Å². The second-order valence-corrected chi connectivity index (χ2v) is 7.36. The molecule has 3 N–H and O–H groups in total. The average molecular weight is 443 g/mol. The van der Waals surface area contributed by atoms with Gasteiger partial charge in [0.1, 0.15) is 22.2 Å². The predicted octanol–water partition coefficient (Wildman–Crippen LogP) is 3.04. The number of hydrogen-bond acceptors (Lipinski definition) is 5. The number of nitrogens with one attached hydrogen (secondary N) is 1. The summed E-state index contributed by atoms with van der Waals surface area (Å²) < 4.78 is 27.7. The normalized spacial score (nSPS) is 11.3. The van der Waals surface area contributed by atoms with Gasteiger partial charge in [-0.3, -0.25) is 4.72 Å². The number of nitrogens with zero attached hydrogens (tertiary/aromatic N) is 2. The van der Waals surface area contributed by atoms with Gasteiger partial charge in [0.2, 0.25) is 0 Å². The molecule has 0 amide bonds. The van der Waals surface area contributed by atoms with Crippen molar-refractivity contribution in [3.8, 4) is 0 Å². The Hall–Kier alpha value is -0.900. The van der Waals surface area contributed by atoms with Gasteiger partial charge < -0.3 is 5.73 Å². The van der Waals surface area contributed by atoms with Gasteiger partial charge in [0.25, 0.3) is 10.0 Å². The van der Waals surface area contributed by atoms with Gasteiger partial charge in [0.15, 0.2) is 0 Å². The Morgan fingerprint density at radius 2 is 1.75 bits per heavy atom. The van der Waals surface area contributed by atoms with Gasteiger partial charge >= 0.3 is 0 Å². The molecule has 0 atom stereocenters. The highest BCUT2D eigenvalue weighted by Gasteiger charge is 2.22. The number of halogens is 3. The lowest BCUT2D eigenvalue weighted by Gasteiger charge is -2.11. The lowest BCUT2D eigenvalue weighted by Crippen LogP contribution is -2.15. The quantitative estimate of drug-likeness (QED) is 0.563. The molecule has 0 unspecified atom stereocenters. The Kier molecular flexibility index (Phi) is 4.52. The van der Waals surface area contributed by atoms with E-state index in [1.165, 1.54) is 18.2 Å². The van der Waals surface area contributed by atoms with Crippen molar-refractivity contribution < 1.29 is 8.42 Å². The van der Waals surface area contributed by atoms with Crippen LogP contribution < -0.4 is 10.5 Å². The summed E-state index contributed by atoms with van der Waals surface area (Å²) >= 11 is 12.0. The zero-order valence-corrected chi connectivity index (χ0v) is 14.4. The largest absolute Gasteiger partial charge is 0.399 e. The van der Waals surface area contributed by atoms with E-state index >= 15 is 0 Å². The van der Waals surface area contributed by atoms with Crippen molar-refractivity contribution in [2.24, 2.45) is 0 Å². The standard InChI is InChI=1S/C10H7Br2ClN4O2S/c11-6-1-5(14)2-7(12)10(6)20(18,19)17-9-3-8(13)15-4-16-9/h1-4H,14H2,(H,15,16,17). The average Bonchev–Trinajstić information content (AvgIpc) is 2.25. The van der Waals surface area contributed by atoms with E-state index in [1.54, 1.807) is 0 Å². The first-order chi connectivity index (χ1) is 9.29. The monoisotopic (exact) mass is 440 g/mol. The maximum absolute atomic E-state index is 12.4. The highest BCUT2D eigenvalue weighted by atomic mass is 79.9. The number of benzene rings is 1. The Morgan fingerprint density at radius 3 is 2.30 bits per heavy atom. The molecule has 10 heteroatoms. The summed E-state index contributed by atoms with van der Waals surface area (Å²) in [6, 6.07) is 4.29. The highest BCUT2D eigenvalue weighted by molar-refractivity contribution is 9.11. The molecule has 20 heavy (non-hydrogen) atoms. The topological polar surface area (TPSA) is 98.0 Å². The minimum Gasteiger partial charge on any atom is -0.399 e. The van der Waals surface area contributed by atoms with Crippen LogP contribution in [0.1, 0.15) is 0 Å². The molecule has 0 aliphatic rings. The van der Waals surface area contributed by atoms with Crippen LogP contribution in [-0.4, -0.2) is 18.4 Å². The van der Waals surface area contributed by atoms with Crippen LogP contribution in [-0.2, 0) is 10.0 Å². The summed E-state index contributed by atoms with van der Waals surface area (Å²) in [4.78, 5) is 7.47. The highest BCUT2D eigenvalue weighted by Crippen LogP contribution is 2.33. The number of nitrogens with two attached hydrogens (primary N) is 1. The SMILES string of the molecule is Nc1cc(Br)c(S(=O)(=O)Nc2cc(Cl)ncn2)c(Br)c1. The van der Waals surface area contributed by atoms with Crippen LogP contribution in [0.3, 0.4) is 0 Å². The molecule has 0 aliphatic carbocycles. The molecule has 2 aromatic rings. The Morgan fingerprint density at radius 1 is 1.15 bits per heavy atom. The van der Waals surface area contributed by atoms with E-state index in [9.17, 15) is 8.42 Å². The zero-order valence-electron chi connectivity index (χ0n) is 9.64. The van der Waals surface area contributed by atoms with Gasteiger partial charge in [0.05, 0.1) is 0 Å². The lowest BCUT2D eigenvalue weighted by molar-refractivity contribution is 0.600. The molecule has 2 rings (SSSR count). The summed E-state index contributed by atoms with van der Waals surface area (Å²) in [6.07, 6.45) is 1.16. The second-order valence-electron chi connectivity index (χ2n) is 3.65. The number of rotatable bonds is 3. The van der Waals surface area contributed by atoms with Crippen LogP contribution in [0, 0.1) is 0 Å². The van der Waals surface area contributed by atoms with Crippen molar-refractivity contribution >= 4 is 65.0 Å². The molecule has 0 bridgehead atoms. The van der Waals surface area contributed by atoms with Crippen molar-refractivity contribution in [2.45, 2.75) is 4.90 Å². The minimum absolute atomic E-state index is 0.0152. The summed E-state index contributed by atoms with van der Waals surface area (Å²) in [7, 11) is -3.86. The molecule has 6 nitrogen and oxygen atoms in total. The number of nitrogen functional groups attached to an aromatic ring is 1. The van der Waals surface area contributed by atoms with Gasteiger partial charge in [-0.2, -0.15) is 0 Å². The van der Waals surface area contributed by atoms with Crippen LogP contribution in [0.5, 0.6) is 0 Å². The van der Waals surface area contributed by atoms with Crippen LogP contribution in [0.4, 0.5) is 11.5 Å². The van der Waals surface area contributed by atoms with Gasteiger partial charge in [-0.05, 0) is 44.0 Å². The Bertz CT molecular complexity index is 747. The molecule has 0 saturated heterocycles. The molecule has 1 aromatic carbocycles. The van der Waals surface area contributed by atoms with Gasteiger partial charge in [-0.25, -0.2) is 18.4 Å². The molecule has 0 aliphatic heterocycles. The minimum atomic E-state index is -3.86. The third-order valence-corrected chi connectivity index (χ3v) is 5.60. The fourth-order valence-electron chi connectivity index (χ4n) is 1.41. The van der Waals surface area contributed by atoms with Crippen molar-refractivity contribution in [1.29, 1.82) is 0 Å². The molecule has 0 fully saturated rings. The number of hydrogen-bond donors (Lipinski definition) is 2. The first-order valence-corrected chi connectivity index (χ1v) is 8.49. The van der Waals surface area contributed by atoms with E-state index in [1.807, 2.05) is 0 Å². The number of sulfonamides is 1. The molecule has 0 saturated carbocycles. The Labute approximate surface area is 137 Å². The molecule has 0 spiro atoms. The third-order valence-electron chi connectivity index (χ3n) is 2.16.